The first-order chi connectivity index (χ1) is 15.5. The average molecular weight is 434 g/mol. The van der Waals surface area contributed by atoms with Crippen LogP contribution in [0, 0.1) is 5.41 Å². The van der Waals surface area contributed by atoms with E-state index in [4.69, 9.17) is 15.9 Å². The van der Waals surface area contributed by atoms with Crippen molar-refractivity contribution in [3.05, 3.63) is 76.6 Å². The zero-order valence-electron chi connectivity index (χ0n) is 18.8. The standard InChI is InChI=1S/C25H31N5O2/c1-16(27)25-21-9-6-18(19(14-26)15-28-2)13-22(21)23(10-11-29-25)30-20-7-4-17(5-8-20)12-24(31)32-3/h4-9,13-15,23,26,28-30H,10-12,27H2,1-3H3/b19-15+,25-16-,26-14?. The number of hydrogen-bond donors (Lipinski definition) is 5. The molecule has 168 valence electrons. The van der Waals surface area contributed by atoms with Crippen molar-refractivity contribution in [1.29, 1.82) is 5.41 Å². The van der Waals surface area contributed by atoms with Gasteiger partial charge in [-0.3, -0.25) is 4.79 Å². The number of carbonyl (C=O) groups is 1. The number of carbonyl (C=O) groups excluding carboxylic acids is 1. The van der Waals surface area contributed by atoms with Crippen molar-refractivity contribution in [3.63, 3.8) is 0 Å². The maximum atomic E-state index is 11.5. The number of rotatable bonds is 7. The second-order valence-corrected chi connectivity index (χ2v) is 7.75. The topological polar surface area (TPSA) is 112 Å². The minimum atomic E-state index is -0.255. The maximum absolute atomic E-state index is 11.5. The van der Waals surface area contributed by atoms with Crippen LogP contribution in [0.15, 0.2) is 54.4 Å². The monoisotopic (exact) mass is 433 g/mol. The quantitative estimate of drug-likeness (QED) is 0.338. The fourth-order valence-electron chi connectivity index (χ4n) is 3.87. The van der Waals surface area contributed by atoms with E-state index in [9.17, 15) is 4.79 Å². The highest BCUT2D eigenvalue weighted by Gasteiger charge is 2.23. The molecule has 0 aliphatic carbocycles. The van der Waals surface area contributed by atoms with Crippen LogP contribution in [0.25, 0.3) is 11.3 Å². The number of allylic oxidation sites excluding steroid dienone is 2. The van der Waals surface area contributed by atoms with Crippen molar-refractivity contribution in [2.45, 2.75) is 25.8 Å². The molecule has 32 heavy (non-hydrogen) atoms. The summed E-state index contributed by atoms with van der Waals surface area (Å²) in [4.78, 5) is 11.5. The number of fused-ring (bicyclic) bond motifs is 1. The summed E-state index contributed by atoms with van der Waals surface area (Å²) in [5, 5.41) is 17.9. The molecular weight excluding hydrogens is 402 g/mol. The molecule has 0 bridgehead atoms. The number of anilines is 1. The normalized spacial score (nSPS) is 17.3. The Labute approximate surface area is 189 Å². The first-order valence-electron chi connectivity index (χ1n) is 10.6. The molecule has 1 aliphatic heterocycles. The minimum Gasteiger partial charge on any atom is -0.469 e. The first kappa shape index (κ1) is 22.9. The zero-order valence-corrected chi connectivity index (χ0v) is 18.8. The van der Waals surface area contributed by atoms with E-state index in [2.05, 4.69) is 28.1 Å². The summed E-state index contributed by atoms with van der Waals surface area (Å²) in [6, 6.07) is 14.1. The molecule has 3 rings (SSSR count). The molecule has 7 heteroatoms. The van der Waals surface area contributed by atoms with Crippen LogP contribution in [0.4, 0.5) is 5.69 Å². The van der Waals surface area contributed by atoms with E-state index >= 15 is 0 Å². The van der Waals surface area contributed by atoms with Crippen LogP contribution in [-0.4, -0.2) is 32.9 Å². The van der Waals surface area contributed by atoms with Gasteiger partial charge in [-0.15, -0.1) is 0 Å². The van der Waals surface area contributed by atoms with Gasteiger partial charge in [0.1, 0.15) is 0 Å². The van der Waals surface area contributed by atoms with Crippen molar-refractivity contribution >= 4 is 29.1 Å². The van der Waals surface area contributed by atoms with Crippen molar-refractivity contribution < 1.29 is 9.53 Å². The summed E-state index contributed by atoms with van der Waals surface area (Å²) < 4.78 is 4.74. The van der Waals surface area contributed by atoms with Gasteiger partial charge in [0.15, 0.2) is 0 Å². The van der Waals surface area contributed by atoms with Crippen molar-refractivity contribution in [2.24, 2.45) is 5.73 Å². The maximum Gasteiger partial charge on any atom is 0.309 e. The lowest BCUT2D eigenvalue weighted by Gasteiger charge is -2.22. The van der Waals surface area contributed by atoms with Gasteiger partial charge in [0.2, 0.25) is 0 Å². The molecule has 7 nitrogen and oxygen atoms in total. The number of esters is 1. The molecule has 0 fully saturated rings. The fourth-order valence-corrected chi connectivity index (χ4v) is 3.87. The predicted octanol–water partition coefficient (Wildman–Crippen LogP) is 3.41. The third kappa shape index (κ3) is 5.29. The number of nitrogens with one attached hydrogen (secondary N) is 4. The van der Waals surface area contributed by atoms with Crippen LogP contribution in [0.1, 0.15) is 41.6 Å². The summed E-state index contributed by atoms with van der Waals surface area (Å²) in [6.45, 7) is 2.67. The molecule has 2 aromatic carbocycles. The van der Waals surface area contributed by atoms with E-state index in [1.54, 1.807) is 0 Å². The van der Waals surface area contributed by atoms with Gasteiger partial charge in [0, 0.05) is 48.5 Å². The Morgan fingerprint density at radius 3 is 2.66 bits per heavy atom. The number of hydrogen-bond acceptors (Lipinski definition) is 7. The van der Waals surface area contributed by atoms with Crippen LogP contribution >= 0.6 is 0 Å². The molecule has 2 aromatic rings. The molecule has 0 saturated carbocycles. The fraction of sp³-hybridized carbons (Fsp3) is 0.280. The van der Waals surface area contributed by atoms with Gasteiger partial charge in [0.05, 0.1) is 25.3 Å². The van der Waals surface area contributed by atoms with Crippen molar-refractivity contribution in [1.82, 2.24) is 10.6 Å². The molecule has 0 spiro atoms. The van der Waals surface area contributed by atoms with Gasteiger partial charge in [-0.05, 0) is 48.2 Å². The Kier molecular flexibility index (Phi) is 7.54. The molecule has 1 atom stereocenters. The molecule has 1 aliphatic rings. The third-order valence-corrected chi connectivity index (χ3v) is 5.49. The Bertz CT molecular complexity index is 1040. The number of benzene rings is 2. The van der Waals surface area contributed by atoms with Crippen LogP contribution in [0.3, 0.4) is 0 Å². The second-order valence-electron chi connectivity index (χ2n) is 7.75. The van der Waals surface area contributed by atoms with Gasteiger partial charge in [-0.1, -0.05) is 24.3 Å². The summed E-state index contributed by atoms with van der Waals surface area (Å²) >= 11 is 0. The number of nitrogens with two attached hydrogens (primary N) is 1. The Morgan fingerprint density at radius 2 is 2.03 bits per heavy atom. The molecule has 1 unspecified atom stereocenters. The SMILES string of the molecule is CN/C=C(\C=N)c1ccc2c(c1)C(Nc1ccc(CC(=O)OC)cc1)CCN/C2=C(/C)N. The molecular formula is C25H31N5O2. The Hall–Kier alpha value is -3.74. The molecule has 0 amide bonds. The Balaban J connectivity index is 1.97. The van der Waals surface area contributed by atoms with E-state index in [0.717, 1.165) is 57.9 Å². The third-order valence-electron chi connectivity index (χ3n) is 5.49. The van der Waals surface area contributed by atoms with Crippen molar-refractivity contribution in [2.75, 3.05) is 26.0 Å². The van der Waals surface area contributed by atoms with Crippen LogP contribution < -0.4 is 21.7 Å². The molecule has 0 saturated heterocycles. The van der Waals surface area contributed by atoms with Crippen LogP contribution in [0.2, 0.25) is 0 Å². The van der Waals surface area contributed by atoms with E-state index in [1.165, 1.54) is 13.3 Å². The van der Waals surface area contributed by atoms with Gasteiger partial charge < -0.3 is 31.8 Å². The molecule has 0 radical (unpaired) electrons. The van der Waals surface area contributed by atoms with Crippen LogP contribution in [-0.2, 0) is 16.0 Å². The van der Waals surface area contributed by atoms with Crippen LogP contribution in [0.5, 0.6) is 0 Å². The summed E-state index contributed by atoms with van der Waals surface area (Å²) in [5.41, 5.74) is 13.7. The van der Waals surface area contributed by atoms with Gasteiger partial charge >= 0.3 is 5.97 Å². The number of methoxy groups -OCH3 is 1. The van der Waals surface area contributed by atoms with Gasteiger partial charge in [-0.2, -0.15) is 0 Å². The lowest BCUT2D eigenvalue weighted by Crippen LogP contribution is -2.16. The molecule has 1 heterocycles. The van der Waals surface area contributed by atoms with E-state index in [1.807, 2.05) is 50.5 Å². The summed E-state index contributed by atoms with van der Waals surface area (Å²) in [7, 11) is 3.22. The zero-order chi connectivity index (χ0) is 23.1. The molecule has 0 aromatic heterocycles. The first-order valence-corrected chi connectivity index (χ1v) is 10.6. The summed E-state index contributed by atoms with van der Waals surface area (Å²) in [6.07, 6.45) is 4.27. The highest BCUT2D eigenvalue weighted by atomic mass is 16.5. The van der Waals surface area contributed by atoms with E-state index in [0.29, 0.717) is 0 Å². The smallest absolute Gasteiger partial charge is 0.309 e. The largest absolute Gasteiger partial charge is 0.469 e. The molecule has 6 N–H and O–H groups in total. The lowest BCUT2D eigenvalue weighted by molar-refractivity contribution is -0.139. The van der Waals surface area contributed by atoms with Gasteiger partial charge in [-0.25, -0.2) is 0 Å². The van der Waals surface area contributed by atoms with Crippen molar-refractivity contribution in [3.8, 4) is 0 Å². The number of ether oxygens (including phenoxy) is 1. The lowest BCUT2D eigenvalue weighted by atomic mass is 9.92. The Morgan fingerprint density at radius 1 is 1.28 bits per heavy atom. The second kappa shape index (κ2) is 10.5. The predicted molar refractivity (Wildman–Crippen MR) is 130 cm³/mol. The van der Waals surface area contributed by atoms with E-state index < -0.39 is 0 Å². The highest BCUT2D eigenvalue weighted by Crippen LogP contribution is 2.34. The van der Waals surface area contributed by atoms with E-state index in [-0.39, 0.29) is 18.4 Å². The average Bonchev–Trinajstić information content (AvgIpc) is 2.97. The summed E-state index contributed by atoms with van der Waals surface area (Å²) in [5.74, 6) is -0.255. The highest BCUT2D eigenvalue weighted by molar-refractivity contribution is 6.08. The minimum absolute atomic E-state index is 0.0438. The van der Waals surface area contributed by atoms with Gasteiger partial charge in [0.25, 0.3) is 0 Å².